The van der Waals surface area contributed by atoms with Crippen LogP contribution in [0.5, 0.6) is 11.5 Å². The summed E-state index contributed by atoms with van der Waals surface area (Å²) in [6.07, 6.45) is 5.90. The number of hydrogen-bond acceptors (Lipinski definition) is 7. The maximum Gasteiger partial charge on any atom is 0.341 e. The van der Waals surface area contributed by atoms with Crippen molar-refractivity contribution in [3.8, 4) is 33.8 Å². The number of H-pyrrole nitrogens is 2. The first-order chi connectivity index (χ1) is 24.2. The Morgan fingerprint density at radius 3 is 1.96 bits per heavy atom. The Balaban J connectivity index is 1.12. The van der Waals surface area contributed by atoms with E-state index < -0.39 is 28.8 Å². The second-order valence-corrected chi connectivity index (χ2v) is 12.9. The molecular weight excluding hydrogens is 646 g/mol. The first-order valence-electron chi connectivity index (χ1n) is 16.1. The maximum absolute atomic E-state index is 15.5. The molecule has 1 saturated heterocycles. The smallest absolute Gasteiger partial charge is 0.341 e. The molecule has 0 bridgehead atoms. The van der Waals surface area contributed by atoms with E-state index in [4.69, 9.17) is 18.9 Å². The van der Waals surface area contributed by atoms with Gasteiger partial charge in [0.15, 0.2) is 11.9 Å². The first-order valence-corrected chi connectivity index (χ1v) is 16.1. The molecule has 0 radical (unpaired) electrons. The predicted molar refractivity (Wildman–Crippen MR) is 182 cm³/mol. The highest BCUT2D eigenvalue weighted by Gasteiger charge is 2.47. The highest BCUT2D eigenvalue weighted by molar-refractivity contribution is 6.05. The van der Waals surface area contributed by atoms with Crippen LogP contribution in [0.1, 0.15) is 51.1 Å². The van der Waals surface area contributed by atoms with Gasteiger partial charge in [0, 0.05) is 62.0 Å². The quantitative estimate of drug-likeness (QED) is 0.107. The number of carbonyl (C=O) groups is 2. The number of aldehydes is 1. The zero-order chi connectivity index (χ0) is 34.8. The molecule has 0 atom stereocenters. The van der Waals surface area contributed by atoms with Crippen molar-refractivity contribution in [2.24, 2.45) is 0 Å². The molecule has 4 aromatic carbocycles. The van der Waals surface area contributed by atoms with Crippen LogP contribution in [0, 0.1) is 11.6 Å². The normalized spacial score (nSPS) is 16.1. The fourth-order valence-electron chi connectivity index (χ4n) is 7.07. The Hall–Kier alpha value is -5.52. The Morgan fingerprint density at radius 1 is 0.820 bits per heavy atom. The van der Waals surface area contributed by atoms with Gasteiger partial charge in [-0.25, -0.2) is 13.6 Å². The number of esters is 1. The lowest BCUT2D eigenvalue weighted by Gasteiger charge is -2.41. The van der Waals surface area contributed by atoms with Gasteiger partial charge >= 0.3 is 5.97 Å². The SMILES string of the molecule is COc1cc(-c2cc3c(C(=O)OC4(c5ccc(-c6cc7c(C=O)c[nH]c7cc6F)cc5OC)COC4)c[nH]c3cc2F)ccc1C1(O)CCC1. The minimum Gasteiger partial charge on any atom is -0.496 e. The Morgan fingerprint density at radius 2 is 1.40 bits per heavy atom. The van der Waals surface area contributed by atoms with Gasteiger partial charge in [0.1, 0.15) is 23.1 Å². The van der Waals surface area contributed by atoms with E-state index >= 15 is 8.78 Å². The molecule has 2 fully saturated rings. The highest BCUT2D eigenvalue weighted by Crippen LogP contribution is 2.46. The Bertz CT molecular complexity index is 2330. The summed E-state index contributed by atoms with van der Waals surface area (Å²) < 4.78 is 53.7. The van der Waals surface area contributed by atoms with Crippen molar-refractivity contribution in [1.82, 2.24) is 9.97 Å². The number of methoxy groups -OCH3 is 2. The Kier molecular flexibility index (Phi) is 7.50. The fraction of sp³-hybridized carbons (Fsp3) is 0.231. The molecule has 0 amide bonds. The van der Waals surface area contributed by atoms with Crippen LogP contribution in [0.4, 0.5) is 8.78 Å². The van der Waals surface area contributed by atoms with Crippen molar-refractivity contribution in [3.63, 3.8) is 0 Å². The number of hydrogen-bond donors (Lipinski definition) is 3. The summed E-state index contributed by atoms with van der Waals surface area (Å²) in [6, 6.07) is 16.1. The third kappa shape index (κ3) is 4.95. The van der Waals surface area contributed by atoms with Crippen LogP contribution in [0.2, 0.25) is 0 Å². The largest absolute Gasteiger partial charge is 0.496 e. The standard InChI is InChI=1S/C39H32F2N2O7/c1-47-35-10-21(4-6-29(35)38(46)8-3-9-38)25-13-27-28(17-43-34(27)15-32(25)41)37(45)50-39(19-49-20-39)30-7-5-22(11-36(30)48-2)24-12-26-23(18-44)16-42-33(26)14-31(24)40/h4-7,10-18,42-43,46H,3,8-9,19-20H2,1-2H3. The van der Waals surface area contributed by atoms with Gasteiger partial charge in [-0.15, -0.1) is 0 Å². The summed E-state index contributed by atoms with van der Waals surface area (Å²) in [5.74, 6) is -0.827. The maximum atomic E-state index is 15.5. The van der Waals surface area contributed by atoms with E-state index in [0.717, 1.165) is 6.42 Å². The minimum absolute atomic E-state index is 0.0571. The number of benzene rings is 4. The molecule has 8 rings (SSSR count). The van der Waals surface area contributed by atoms with Gasteiger partial charge in [0.2, 0.25) is 0 Å². The average Bonchev–Trinajstić information content (AvgIpc) is 3.70. The fourth-order valence-corrected chi connectivity index (χ4v) is 7.07. The van der Waals surface area contributed by atoms with Crippen LogP contribution in [0.15, 0.2) is 73.1 Å². The third-order valence-electron chi connectivity index (χ3n) is 10.1. The first kappa shape index (κ1) is 31.7. The summed E-state index contributed by atoms with van der Waals surface area (Å²) in [7, 11) is 2.98. The van der Waals surface area contributed by atoms with Gasteiger partial charge in [-0.3, -0.25) is 4.79 Å². The third-order valence-corrected chi connectivity index (χ3v) is 10.1. The average molecular weight is 679 g/mol. The number of fused-ring (bicyclic) bond motifs is 2. The lowest BCUT2D eigenvalue weighted by Crippen LogP contribution is -2.50. The van der Waals surface area contributed by atoms with Crippen molar-refractivity contribution in [2.45, 2.75) is 30.5 Å². The molecule has 0 unspecified atom stereocenters. The number of ether oxygens (including phenoxy) is 4. The lowest BCUT2D eigenvalue weighted by molar-refractivity contribution is -0.187. The van der Waals surface area contributed by atoms with Gasteiger partial charge in [-0.05, 0) is 66.8 Å². The molecular formula is C39H32F2N2O7. The van der Waals surface area contributed by atoms with E-state index in [0.29, 0.717) is 80.2 Å². The zero-order valence-corrected chi connectivity index (χ0v) is 27.2. The van der Waals surface area contributed by atoms with Crippen molar-refractivity contribution in [1.29, 1.82) is 0 Å². The number of nitrogens with one attached hydrogen (secondary N) is 2. The topological polar surface area (TPSA) is 123 Å². The van der Waals surface area contributed by atoms with E-state index in [1.165, 1.54) is 38.7 Å². The Labute approximate surface area is 284 Å². The van der Waals surface area contributed by atoms with E-state index in [1.54, 1.807) is 48.5 Å². The molecule has 2 aromatic heterocycles. The summed E-state index contributed by atoms with van der Waals surface area (Å²) in [5.41, 5.74) is 2.11. The molecule has 2 aliphatic rings. The van der Waals surface area contributed by atoms with Gasteiger partial charge in [0.05, 0.1) is 38.6 Å². The van der Waals surface area contributed by atoms with Crippen LogP contribution in [-0.2, 0) is 20.7 Å². The molecule has 3 N–H and O–H groups in total. The van der Waals surface area contributed by atoms with E-state index in [2.05, 4.69) is 9.97 Å². The van der Waals surface area contributed by atoms with Gasteiger partial charge < -0.3 is 34.0 Å². The highest BCUT2D eigenvalue weighted by atomic mass is 19.1. The molecule has 3 heterocycles. The van der Waals surface area contributed by atoms with Crippen LogP contribution in [0.3, 0.4) is 0 Å². The summed E-state index contributed by atoms with van der Waals surface area (Å²) in [4.78, 5) is 31.2. The molecule has 6 aromatic rings. The van der Waals surface area contributed by atoms with Crippen LogP contribution < -0.4 is 9.47 Å². The van der Waals surface area contributed by atoms with Gasteiger partial charge in [-0.1, -0.05) is 24.3 Å². The van der Waals surface area contributed by atoms with Gasteiger partial charge in [0.25, 0.3) is 0 Å². The number of rotatable bonds is 9. The molecule has 11 heteroatoms. The number of halogens is 2. The number of carbonyl (C=O) groups excluding carboxylic acids is 2. The second-order valence-electron chi connectivity index (χ2n) is 12.9. The van der Waals surface area contributed by atoms with E-state index in [9.17, 15) is 14.7 Å². The number of aromatic amines is 2. The van der Waals surface area contributed by atoms with Crippen molar-refractivity contribution < 1.29 is 42.4 Å². The van der Waals surface area contributed by atoms with Crippen molar-refractivity contribution >= 4 is 34.1 Å². The van der Waals surface area contributed by atoms with Crippen LogP contribution in [-0.4, -0.2) is 54.8 Å². The number of aromatic nitrogens is 2. The zero-order valence-electron chi connectivity index (χ0n) is 27.2. The van der Waals surface area contributed by atoms with E-state index in [-0.39, 0.29) is 29.9 Å². The molecule has 1 aliphatic carbocycles. The van der Waals surface area contributed by atoms with Crippen LogP contribution >= 0.6 is 0 Å². The number of aliphatic hydroxyl groups is 1. The van der Waals surface area contributed by atoms with Gasteiger partial charge in [-0.2, -0.15) is 0 Å². The molecule has 254 valence electrons. The molecule has 1 aliphatic heterocycles. The van der Waals surface area contributed by atoms with Crippen molar-refractivity contribution in [3.05, 3.63) is 107 Å². The lowest BCUT2D eigenvalue weighted by atomic mass is 9.74. The monoisotopic (exact) mass is 678 g/mol. The predicted octanol–water partition coefficient (Wildman–Crippen LogP) is 7.55. The molecule has 1 saturated carbocycles. The molecule has 50 heavy (non-hydrogen) atoms. The molecule has 0 spiro atoms. The van der Waals surface area contributed by atoms with Crippen LogP contribution in [0.25, 0.3) is 44.1 Å². The minimum atomic E-state index is -1.20. The second kappa shape index (κ2) is 11.8. The summed E-state index contributed by atoms with van der Waals surface area (Å²) in [5, 5.41) is 12.0. The molecule has 9 nitrogen and oxygen atoms in total. The van der Waals surface area contributed by atoms with Crippen molar-refractivity contribution in [2.75, 3.05) is 27.4 Å². The summed E-state index contributed by atoms with van der Waals surface area (Å²) >= 11 is 0. The summed E-state index contributed by atoms with van der Waals surface area (Å²) in [6.45, 7) is 0.114. The van der Waals surface area contributed by atoms with E-state index in [1.807, 2.05) is 0 Å².